The largest absolute Gasteiger partial charge is 0.492 e. The van der Waals surface area contributed by atoms with Crippen molar-refractivity contribution in [3.05, 3.63) is 23.2 Å². The molecule has 0 aliphatic carbocycles. The van der Waals surface area contributed by atoms with Crippen molar-refractivity contribution in [3.8, 4) is 5.75 Å². The molecule has 1 atom stereocenters. The number of amides is 1. The second-order valence-corrected chi connectivity index (χ2v) is 6.50. The van der Waals surface area contributed by atoms with Gasteiger partial charge in [0.05, 0.1) is 19.3 Å². The number of halogens is 1. The number of rotatable bonds is 8. The van der Waals surface area contributed by atoms with E-state index in [0.29, 0.717) is 0 Å². The van der Waals surface area contributed by atoms with Crippen molar-refractivity contribution in [3.63, 3.8) is 0 Å². The van der Waals surface area contributed by atoms with Gasteiger partial charge in [-0.1, -0.05) is 11.6 Å². The smallest absolute Gasteiger partial charge is 0.245 e. The molecule has 0 spiro atoms. The number of hydrogen-bond acceptors (Lipinski definition) is 5. The third-order valence-electron chi connectivity index (χ3n) is 2.63. The maximum Gasteiger partial charge on any atom is 0.245 e. The number of nitrogens with one attached hydrogen (secondary N) is 2. The molecule has 0 heterocycles. The summed E-state index contributed by atoms with van der Waals surface area (Å²) < 4.78 is 32.3. The summed E-state index contributed by atoms with van der Waals surface area (Å²) >= 11 is 5.84. The molecule has 1 amide bonds. The quantitative estimate of drug-likeness (QED) is 0.633. The van der Waals surface area contributed by atoms with Gasteiger partial charge in [0.2, 0.25) is 15.9 Å². The molecule has 0 saturated heterocycles. The maximum absolute atomic E-state index is 12.4. The highest BCUT2D eigenvalue weighted by atomic mass is 35.5. The molecule has 1 rings (SSSR count). The number of hydrogen-bond donors (Lipinski definition) is 3. The molecule has 7 nitrogen and oxygen atoms in total. The Labute approximate surface area is 134 Å². The molecule has 3 N–H and O–H groups in total. The van der Waals surface area contributed by atoms with Crippen LogP contribution >= 0.6 is 11.6 Å². The van der Waals surface area contributed by atoms with Gasteiger partial charge in [0.1, 0.15) is 10.6 Å². The van der Waals surface area contributed by atoms with Crippen molar-refractivity contribution >= 4 is 27.5 Å². The second-order valence-electron chi connectivity index (χ2n) is 4.38. The van der Waals surface area contributed by atoms with Crippen LogP contribution in [-0.4, -0.2) is 45.2 Å². The molecule has 22 heavy (non-hydrogen) atoms. The molecule has 0 aliphatic heterocycles. The lowest BCUT2D eigenvalue weighted by atomic mass is 10.3. The minimum absolute atomic E-state index is 0.0479. The van der Waals surface area contributed by atoms with Crippen molar-refractivity contribution in [2.75, 3.05) is 19.8 Å². The fourth-order valence-corrected chi connectivity index (χ4v) is 3.26. The van der Waals surface area contributed by atoms with E-state index in [1.165, 1.54) is 25.1 Å². The third kappa shape index (κ3) is 5.13. The molecule has 0 fully saturated rings. The van der Waals surface area contributed by atoms with Gasteiger partial charge in [-0.25, -0.2) is 8.42 Å². The minimum atomic E-state index is -3.99. The van der Waals surface area contributed by atoms with Crippen molar-refractivity contribution in [2.24, 2.45) is 0 Å². The summed E-state index contributed by atoms with van der Waals surface area (Å²) in [5.74, 6) is -0.389. The first-order valence-electron chi connectivity index (χ1n) is 6.65. The summed E-state index contributed by atoms with van der Waals surface area (Å²) in [5, 5.41) is 11.3. The molecule has 0 radical (unpaired) electrons. The predicted octanol–water partition coefficient (Wildman–Crippen LogP) is 0.514. The van der Waals surface area contributed by atoms with Crippen LogP contribution in [0, 0.1) is 0 Å². The molecule has 124 valence electrons. The van der Waals surface area contributed by atoms with E-state index in [4.69, 9.17) is 21.4 Å². The lowest BCUT2D eigenvalue weighted by Crippen LogP contribution is -2.45. The standard InChI is InChI=1S/C13H19ClN2O5S/c1-3-21-11-5-4-10(14)8-12(11)22(19,20)16-9(2)13(18)15-6-7-17/h4-5,8-9,16-17H,3,6-7H2,1-2H3,(H,15,18). The third-order valence-corrected chi connectivity index (χ3v) is 4.43. The SMILES string of the molecule is CCOc1ccc(Cl)cc1S(=O)(=O)NC(C)C(=O)NCCO. The van der Waals surface area contributed by atoms with Crippen LogP contribution in [0.4, 0.5) is 0 Å². The van der Waals surface area contributed by atoms with Crippen LogP contribution < -0.4 is 14.8 Å². The van der Waals surface area contributed by atoms with E-state index in [0.717, 1.165) is 0 Å². The van der Waals surface area contributed by atoms with Gasteiger partial charge in [-0.2, -0.15) is 4.72 Å². The molecular formula is C13H19ClN2O5S. The van der Waals surface area contributed by atoms with Crippen molar-refractivity contribution in [1.29, 1.82) is 0 Å². The fraction of sp³-hybridized carbons (Fsp3) is 0.462. The number of ether oxygens (including phenoxy) is 1. The Balaban J connectivity index is 2.99. The summed E-state index contributed by atoms with van der Waals surface area (Å²) in [4.78, 5) is 11.5. The zero-order chi connectivity index (χ0) is 16.8. The van der Waals surface area contributed by atoms with Gasteiger partial charge >= 0.3 is 0 Å². The van der Waals surface area contributed by atoms with Gasteiger partial charge in [-0.3, -0.25) is 4.79 Å². The van der Waals surface area contributed by atoms with Crippen LogP contribution in [0.1, 0.15) is 13.8 Å². The highest BCUT2D eigenvalue weighted by molar-refractivity contribution is 7.89. The van der Waals surface area contributed by atoms with Crippen LogP contribution in [0.2, 0.25) is 5.02 Å². The highest BCUT2D eigenvalue weighted by Gasteiger charge is 2.25. The fourth-order valence-electron chi connectivity index (χ4n) is 1.65. The van der Waals surface area contributed by atoms with E-state index in [1.807, 2.05) is 0 Å². The van der Waals surface area contributed by atoms with Gasteiger partial charge < -0.3 is 15.2 Å². The number of carbonyl (C=O) groups excluding carboxylic acids is 1. The first kappa shape index (κ1) is 18.7. The molecule has 0 aromatic heterocycles. The first-order chi connectivity index (χ1) is 10.3. The Kier molecular flexibility index (Phi) is 7.08. The Morgan fingerprint density at radius 3 is 2.73 bits per heavy atom. The molecule has 9 heteroatoms. The minimum Gasteiger partial charge on any atom is -0.492 e. The van der Waals surface area contributed by atoms with Crippen molar-refractivity contribution < 1.29 is 23.1 Å². The summed E-state index contributed by atoms with van der Waals surface area (Å²) in [5.41, 5.74) is 0. The predicted molar refractivity (Wildman–Crippen MR) is 82.5 cm³/mol. The average molecular weight is 351 g/mol. The number of aliphatic hydroxyl groups excluding tert-OH is 1. The Morgan fingerprint density at radius 1 is 1.45 bits per heavy atom. The zero-order valence-electron chi connectivity index (χ0n) is 12.3. The second kappa shape index (κ2) is 8.33. The van der Waals surface area contributed by atoms with E-state index >= 15 is 0 Å². The molecule has 0 saturated carbocycles. The van der Waals surface area contributed by atoms with Gasteiger partial charge in [-0.05, 0) is 32.0 Å². The maximum atomic E-state index is 12.4. The van der Waals surface area contributed by atoms with Crippen LogP contribution in [-0.2, 0) is 14.8 Å². The van der Waals surface area contributed by atoms with Crippen molar-refractivity contribution in [2.45, 2.75) is 24.8 Å². The van der Waals surface area contributed by atoms with Crippen LogP contribution in [0.3, 0.4) is 0 Å². The summed E-state index contributed by atoms with van der Waals surface area (Å²) in [7, 11) is -3.99. The average Bonchev–Trinajstić information content (AvgIpc) is 2.46. The van der Waals surface area contributed by atoms with Gasteiger partial charge in [0.15, 0.2) is 0 Å². The number of aliphatic hydroxyl groups is 1. The van der Waals surface area contributed by atoms with Crippen LogP contribution in [0.25, 0.3) is 0 Å². The van der Waals surface area contributed by atoms with Gasteiger partial charge in [0.25, 0.3) is 0 Å². The van der Waals surface area contributed by atoms with E-state index < -0.39 is 22.0 Å². The lowest BCUT2D eigenvalue weighted by molar-refractivity contribution is -0.122. The van der Waals surface area contributed by atoms with Crippen molar-refractivity contribution in [1.82, 2.24) is 10.0 Å². The Bertz CT molecular complexity index is 621. The number of sulfonamides is 1. The monoisotopic (exact) mass is 350 g/mol. The Morgan fingerprint density at radius 2 is 2.14 bits per heavy atom. The topological polar surface area (TPSA) is 105 Å². The van der Waals surface area contributed by atoms with E-state index in [2.05, 4.69) is 10.0 Å². The van der Waals surface area contributed by atoms with E-state index in [1.54, 1.807) is 6.92 Å². The van der Waals surface area contributed by atoms with Gasteiger partial charge in [-0.15, -0.1) is 0 Å². The summed E-state index contributed by atoms with van der Waals surface area (Å²) in [6.07, 6.45) is 0. The van der Waals surface area contributed by atoms with Gasteiger partial charge in [0, 0.05) is 11.6 Å². The molecule has 1 aromatic carbocycles. The normalized spacial score (nSPS) is 12.7. The summed E-state index contributed by atoms with van der Waals surface area (Å²) in [6, 6.07) is 3.22. The lowest BCUT2D eigenvalue weighted by Gasteiger charge is -2.16. The first-order valence-corrected chi connectivity index (χ1v) is 8.51. The number of carbonyl (C=O) groups is 1. The highest BCUT2D eigenvalue weighted by Crippen LogP contribution is 2.27. The Hall–Kier alpha value is -1.35. The molecule has 1 unspecified atom stereocenters. The van der Waals surface area contributed by atoms with E-state index in [-0.39, 0.29) is 35.4 Å². The molecular weight excluding hydrogens is 332 g/mol. The van der Waals surface area contributed by atoms with E-state index in [9.17, 15) is 13.2 Å². The molecule has 1 aromatic rings. The summed E-state index contributed by atoms with van der Waals surface area (Å²) in [6.45, 7) is 3.23. The molecule has 0 bridgehead atoms. The molecule has 0 aliphatic rings. The van der Waals surface area contributed by atoms with Crippen LogP contribution in [0.5, 0.6) is 5.75 Å². The van der Waals surface area contributed by atoms with Crippen LogP contribution in [0.15, 0.2) is 23.1 Å². The number of benzene rings is 1. The zero-order valence-corrected chi connectivity index (χ0v) is 13.9.